The lowest BCUT2D eigenvalue weighted by Gasteiger charge is -2.34. The molecule has 1 saturated heterocycles. The van der Waals surface area contributed by atoms with Crippen molar-refractivity contribution in [3.05, 3.63) is 0 Å². The van der Waals surface area contributed by atoms with E-state index in [4.69, 9.17) is 4.74 Å². The van der Waals surface area contributed by atoms with Crippen LogP contribution in [0.15, 0.2) is 0 Å². The van der Waals surface area contributed by atoms with Crippen molar-refractivity contribution < 1.29 is 14.3 Å². The van der Waals surface area contributed by atoms with E-state index >= 15 is 0 Å². The van der Waals surface area contributed by atoms with Gasteiger partial charge in [0.05, 0.1) is 13.2 Å². The maximum atomic E-state index is 11.4. The lowest BCUT2D eigenvalue weighted by atomic mass is 9.97. The summed E-state index contributed by atoms with van der Waals surface area (Å²) in [5, 5.41) is 0. The number of likely N-dealkylation sites (tertiary alicyclic amines) is 1. The van der Waals surface area contributed by atoms with E-state index in [0.717, 1.165) is 12.8 Å². The Labute approximate surface area is 96.9 Å². The topological polar surface area (TPSA) is 46.6 Å². The Hall–Kier alpha value is -0.900. The largest absolute Gasteiger partial charge is 0.465 e. The van der Waals surface area contributed by atoms with E-state index in [-0.39, 0.29) is 12.0 Å². The van der Waals surface area contributed by atoms with Crippen molar-refractivity contribution in [3.63, 3.8) is 0 Å². The Morgan fingerprint density at radius 3 is 2.88 bits per heavy atom. The van der Waals surface area contributed by atoms with Gasteiger partial charge in [-0.05, 0) is 13.3 Å². The van der Waals surface area contributed by atoms with Crippen LogP contribution in [0.3, 0.4) is 0 Å². The molecule has 0 aromatic carbocycles. The number of ether oxygens (including phenoxy) is 1. The van der Waals surface area contributed by atoms with E-state index in [1.807, 2.05) is 0 Å². The van der Waals surface area contributed by atoms with Gasteiger partial charge >= 0.3 is 5.97 Å². The standard InChI is InChI=1S/C12H21NO3/c1-3-5-10-8-11(14)6-7-13(10)9-12(15)16-4-2/h10H,3-9H2,1-2H3. The third kappa shape index (κ3) is 3.93. The maximum absolute atomic E-state index is 11.4. The van der Waals surface area contributed by atoms with Crippen LogP contribution < -0.4 is 0 Å². The van der Waals surface area contributed by atoms with Gasteiger partial charge in [-0.2, -0.15) is 0 Å². The molecule has 1 aliphatic rings. The van der Waals surface area contributed by atoms with Crippen LogP contribution in [0.4, 0.5) is 0 Å². The molecule has 0 bridgehead atoms. The van der Waals surface area contributed by atoms with E-state index in [9.17, 15) is 9.59 Å². The lowest BCUT2D eigenvalue weighted by molar-refractivity contribution is -0.146. The zero-order valence-electron chi connectivity index (χ0n) is 10.2. The number of nitrogens with zero attached hydrogens (tertiary/aromatic N) is 1. The zero-order valence-corrected chi connectivity index (χ0v) is 10.2. The van der Waals surface area contributed by atoms with E-state index in [1.54, 1.807) is 6.92 Å². The number of rotatable bonds is 5. The molecule has 0 aromatic heterocycles. The highest BCUT2D eigenvalue weighted by Gasteiger charge is 2.27. The first-order chi connectivity index (χ1) is 7.67. The second-order valence-corrected chi connectivity index (χ2v) is 4.21. The number of carbonyl (C=O) groups is 2. The monoisotopic (exact) mass is 227 g/mol. The first-order valence-electron chi connectivity index (χ1n) is 6.08. The third-order valence-corrected chi connectivity index (χ3v) is 2.92. The summed E-state index contributed by atoms with van der Waals surface area (Å²) in [5.41, 5.74) is 0. The van der Waals surface area contributed by atoms with Gasteiger partial charge in [-0.25, -0.2) is 0 Å². The molecule has 0 N–H and O–H groups in total. The van der Waals surface area contributed by atoms with Gasteiger partial charge in [-0.1, -0.05) is 13.3 Å². The molecule has 16 heavy (non-hydrogen) atoms. The Bertz CT molecular complexity index is 253. The van der Waals surface area contributed by atoms with E-state index in [1.165, 1.54) is 0 Å². The molecule has 0 spiro atoms. The van der Waals surface area contributed by atoms with E-state index < -0.39 is 0 Å². The van der Waals surface area contributed by atoms with Gasteiger partial charge in [0.25, 0.3) is 0 Å². The fourth-order valence-corrected chi connectivity index (χ4v) is 2.14. The minimum Gasteiger partial charge on any atom is -0.465 e. The van der Waals surface area contributed by atoms with Gasteiger partial charge in [0.15, 0.2) is 0 Å². The number of hydrogen-bond donors (Lipinski definition) is 0. The predicted octanol–water partition coefficient (Wildman–Crippen LogP) is 1.38. The summed E-state index contributed by atoms with van der Waals surface area (Å²) >= 11 is 0. The second-order valence-electron chi connectivity index (χ2n) is 4.21. The third-order valence-electron chi connectivity index (χ3n) is 2.92. The Morgan fingerprint density at radius 2 is 2.25 bits per heavy atom. The highest BCUT2D eigenvalue weighted by Crippen LogP contribution is 2.18. The van der Waals surface area contributed by atoms with Crippen molar-refractivity contribution >= 4 is 11.8 Å². The van der Waals surface area contributed by atoms with E-state index in [2.05, 4.69) is 11.8 Å². The number of hydrogen-bond acceptors (Lipinski definition) is 4. The molecule has 92 valence electrons. The summed E-state index contributed by atoms with van der Waals surface area (Å²) < 4.78 is 4.93. The highest BCUT2D eigenvalue weighted by molar-refractivity contribution is 5.80. The Morgan fingerprint density at radius 1 is 1.50 bits per heavy atom. The first kappa shape index (κ1) is 13.2. The van der Waals surface area contributed by atoms with Crippen molar-refractivity contribution in [1.29, 1.82) is 0 Å². The van der Waals surface area contributed by atoms with Crippen LogP contribution in [0.1, 0.15) is 39.5 Å². The van der Waals surface area contributed by atoms with E-state index in [0.29, 0.717) is 38.3 Å². The Kier molecular flexibility index (Phi) is 5.46. The molecule has 4 heteroatoms. The van der Waals surface area contributed by atoms with Crippen LogP contribution in [0.2, 0.25) is 0 Å². The van der Waals surface area contributed by atoms with Crippen molar-refractivity contribution in [1.82, 2.24) is 4.90 Å². The minimum atomic E-state index is -0.182. The number of piperidine rings is 1. The molecular weight excluding hydrogens is 206 g/mol. The SMILES string of the molecule is CCCC1CC(=O)CCN1CC(=O)OCC. The molecule has 0 saturated carbocycles. The number of Topliss-reactive ketones (excluding diaryl/α,β-unsaturated/α-hetero) is 1. The predicted molar refractivity (Wildman–Crippen MR) is 61.1 cm³/mol. The molecule has 1 atom stereocenters. The summed E-state index contributed by atoms with van der Waals surface area (Å²) in [5.74, 6) is 0.136. The number of carbonyl (C=O) groups excluding carboxylic acids is 2. The molecule has 0 aromatic rings. The quantitative estimate of drug-likeness (QED) is 0.666. The highest BCUT2D eigenvalue weighted by atomic mass is 16.5. The second kappa shape index (κ2) is 6.63. The molecule has 1 fully saturated rings. The summed E-state index contributed by atoms with van der Waals surface area (Å²) in [6.07, 6.45) is 3.18. The lowest BCUT2D eigenvalue weighted by Crippen LogP contribution is -2.45. The van der Waals surface area contributed by atoms with Crippen LogP contribution >= 0.6 is 0 Å². The average molecular weight is 227 g/mol. The maximum Gasteiger partial charge on any atom is 0.320 e. The molecule has 1 unspecified atom stereocenters. The van der Waals surface area contributed by atoms with Crippen LogP contribution in [-0.4, -0.2) is 42.4 Å². The molecule has 0 aliphatic carbocycles. The van der Waals surface area contributed by atoms with Crippen molar-refractivity contribution in [2.45, 2.75) is 45.6 Å². The van der Waals surface area contributed by atoms with Gasteiger partial charge in [-0.3, -0.25) is 14.5 Å². The molecular formula is C12H21NO3. The zero-order chi connectivity index (χ0) is 12.0. The number of esters is 1. The molecule has 0 amide bonds. The van der Waals surface area contributed by atoms with Crippen molar-refractivity contribution in [2.75, 3.05) is 19.7 Å². The summed E-state index contributed by atoms with van der Waals surface area (Å²) in [7, 11) is 0. The van der Waals surface area contributed by atoms with Gasteiger partial charge in [-0.15, -0.1) is 0 Å². The molecule has 1 rings (SSSR count). The Balaban J connectivity index is 2.48. The summed E-state index contributed by atoms with van der Waals surface area (Å²) in [6.45, 7) is 5.35. The molecule has 0 radical (unpaired) electrons. The van der Waals surface area contributed by atoms with Crippen LogP contribution in [-0.2, 0) is 14.3 Å². The fraction of sp³-hybridized carbons (Fsp3) is 0.833. The van der Waals surface area contributed by atoms with Crippen LogP contribution in [0.25, 0.3) is 0 Å². The fourth-order valence-electron chi connectivity index (χ4n) is 2.14. The number of ketones is 1. The van der Waals surface area contributed by atoms with Crippen LogP contribution in [0.5, 0.6) is 0 Å². The van der Waals surface area contributed by atoms with Gasteiger partial charge < -0.3 is 4.74 Å². The first-order valence-corrected chi connectivity index (χ1v) is 6.08. The average Bonchev–Trinajstić information content (AvgIpc) is 2.23. The van der Waals surface area contributed by atoms with Gasteiger partial charge in [0.2, 0.25) is 0 Å². The minimum absolute atomic E-state index is 0.182. The molecule has 1 heterocycles. The van der Waals surface area contributed by atoms with Crippen LogP contribution in [0, 0.1) is 0 Å². The molecule has 4 nitrogen and oxygen atoms in total. The normalized spacial score (nSPS) is 22.1. The van der Waals surface area contributed by atoms with Gasteiger partial charge in [0, 0.05) is 25.4 Å². The van der Waals surface area contributed by atoms with Gasteiger partial charge in [0.1, 0.15) is 5.78 Å². The summed E-state index contributed by atoms with van der Waals surface area (Å²) in [6, 6.07) is 0.232. The van der Waals surface area contributed by atoms with Crippen molar-refractivity contribution in [2.24, 2.45) is 0 Å². The smallest absolute Gasteiger partial charge is 0.320 e. The summed E-state index contributed by atoms with van der Waals surface area (Å²) in [4.78, 5) is 24.8. The van der Waals surface area contributed by atoms with Crippen molar-refractivity contribution in [3.8, 4) is 0 Å². The molecule has 1 aliphatic heterocycles.